The van der Waals surface area contributed by atoms with Crippen LogP contribution in [-0.4, -0.2) is 25.0 Å². The van der Waals surface area contributed by atoms with Crippen LogP contribution in [0.4, 0.5) is 11.4 Å². The third-order valence-corrected chi connectivity index (χ3v) is 4.75. The smallest absolute Gasteiger partial charge is 0.265 e. The quantitative estimate of drug-likeness (QED) is 0.669. The fourth-order valence-corrected chi connectivity index (χ4v) is 3.32. The van der Waals surface area contributed by atoms with Gasteiger partial charge >= 0.3 is 0 Å². The number of amides is 2. The lowest BCUT2D eigenvalue weighted by Gasteiger charge is -2.30. The highest BCUT2D eigenvalue weighted by Crippen LogP contribution is 2.35. The lowest BCUT2D eigenvalue weighted by atomic mass is 10.1. The SMILES string of the molecule is CCOc1cccc(C(=O)Nc2ccc3c(c2)N(Cc2ccccc2)C(=O)CO3)c1. The molecule has 1 aliphatic rings. The molecule has 4 rings (SSSR count). The summed E-state index contributed by atoms with van der Waals surface area (Å²) in [7, 11) is 0. The number of fused-ring (bicyclic) bond motifs is 1. The topological polar surface area (TPSA) is 67.9 Å². The van der Waals surface area contributed by atoms with E-state index in [2.05, 4.69) is 5.32 Å². The van der Waals surface area contributed by atoms with Gasteiger partial charge < -0.3 is 19.7 Å². The number of nitrogens with zero attached hydrogens (tertiary/aromatic N) is 1. The van der Waals surface area contributed by atoms with Crippen molar-refractivity contribution in [2.75, 3.05) is 23.4 Å². The van der Waals surface area contributed by atoms with E-state index >= 15 is 0 Å². The summed E-state index contributed by atoms with van der Waals surface area (Å²) < 4.78 is 11.0. The Morgan fingerprint density at radius 1 is 1.07 bits per heavy atom. The maximum atomic E-state index is 12.7. The summed E-state index contributed by atoms with van der Waals surface area (Å²) in [4.78, 5) is 26.9. The minimum absolute atomic E-state index is 0.00421. The van der Waals surface area contributed by atoms with Crippen LogP contribution in [-0.2, 0) is 11.3 Å². The largest absolute Gasteiger partial charge is 0.494 e. The van der Waals surface area contributed by atoms with E-state index in [9.17, 15) is 9.59 Å². The second-order valence-corrected chi connectivity index (χ2v) is 6.85. The first-order valence-electron chi connectivity index (χ1n) is 9.79. The minimum atomic E-state index is -0.255. The number of carbonyl (C=O) groups is 2. The third kappa shape index (κ3) is 4.27. The number of ether oxygens (including phenoxy) is 2. The van der Waals surface area contributed by atoms with E-state index in [0.29, 0.717) is 41.6 Å². The van der Waals surface area contributed by atoms with Crippen molar-refractivity contribution in [2.45, 2.75) is 13.5 Å². The number of hydrogen-bond donors (Lipinski definition) is 1. The van der Waals surface area contributed by atoms with Crippen molar-refractivity contribution in [2.24, 2.45) is 0 Å². The van der Waals surface area contributed by atoms with Gasteiger partial charge in [-0.05, 0) is 48.9 Å². The van der Waals surface area contributed by atoms with E-state index in [-0.39, 0.29) is 18.4 Å². The van der Waals surface area contributed by atoms with Gasteiger partial charge in [-0.25, -0.2) is 0 Å². The molecule has 3 aromatic rings. The lowest BCUT2D eigenvalue weighted by Crippen LogP contribution is -2.38. The van der Waals surface area contributed by atoms with Crippen molar-refractivity contribution in [3.63, 3.8) is 0 Å². The number of nitrogens with one attached hydrogen (secondary N) is 1. The molecule has 0 unspecified atom stereocenters. The van der Waals surface area contributed by atoms with Crippen LogP contribution in [0.25, 0.3) is 0 Å². The van der Waals surface area contributed by atoms with E-state index in [0.717, 1.165) is 5.56 Å². The molecule has 1 N–H and O–H groups in total. The molecule has 0 radical (unpaired) electrons. The zero-order chi connectivity index (χ0) is 20.9. The summed E-state index contributed by atoms with van der Waals surface area (Å²) >= 11 is 0. The van der Waals surface area contributed by atoms with Crippen molar-refractivity contribution in [3.8, 4) is 11.5 Å². The molecule has 2 amide bonds. The molecule has 1 heterocycles. The monoisotopic (exact) mass is 402 g/mol. The molecule has 0 aliphatic carbocycles. The normalized spacial score (nSPS) is 12.7. The van der Waals surface area contributed by atoms with Gasteiger partial charge in [-0.3, -0.25) is 9.59 Å². The van der Waals surface area contributed by atoms with Gasteiger partial charge in [0.05, 0.1) is 18.8 Å². The molecule has 152 valence electrons. The van der Waals surface area contributed by atoms with E-state index in [4.69, 9.17) is 9.47 Å². The summed E-state index contributed by atoms with van der Waals surface area (Å²) in [6.45, 7) is 2.85. The predicted octanol–water partition coefficient (Wildman–Crippen LogP) is 4.26. The lowest BCUT2D eigenvalue weighted by molar-refractivity contribution is -0.121. The fraction of sp³-hybridized carbons (Fsp3) is 0.167. The molecule has 0 bridgehead atoms. The Morgan fingerprint density at radius 3 is 2.70 bits per heavy atom. The summed E-state index contributed by atoms with van der Waals surface area (Å²) in [5.41, 5.74) is 2.72. The van der Waals surface area contributed by atoms with Gasteiger partial charge in [0.2, 0.25) is 0 Å². The Hall–Kier alpha value is -3.80. The highest BCUT2D eigenvalue weighted by Gasteiger charge is 2.26. The van der Waals surface area contributed by atoms with Crippen molar-refractivity contribution >= 4 is 23.2 Å². The van der Waals surface area contributed by atoms with Crippen molar-refractivity contribution in [3.05, 3.63) is 83.9 Å². The Labute approximate surface area is 175 Å². The highest BCUT2D eigenvalue weighted by atomic mass is 16.5. The number of benzene rings is 3. The average Bonchev–Trinajstić information content (AvgIpc) is 2.77. The first kappa shape index (κ1) is 19.5. The molecule has 30 heavy (non-hydrogen) atoms. The van der Waals surface area contributed by atoms with Gasteiger partial charge in [-0.2, -0.15) is 0 Å². The Morgan fingerprint density at radius 2 is 1.90 bits per heavy atom. The van der Waals surface area contributed by atoms with Crippen LogP contribution >= 0.6 is 0 Å². The Bertz CT molecular complexity index is 1070. The van der Waals surface area contributed by atoms with Gasteiger partial charge in [0.25, 0.3) is 11.8 Å². The van der Waals surface area contributed by atoms with E-state index in [1.807, 2.05) is 43.3 Å². The third-order valence-electron chi connectivity index (χ3n) is 4.75. The standard InChI is InChI=1S/C24H22N2O4/c1-2-29-20-10-6-9-18(13-20)24(28)25-19-11-12-22-21(14-19)26(23(27)16-30-22)15-17-7-4-3-5-8-17/h3-14H,2,15-16H2,1H3,(H,25,28). The molecule has 0 saturated heterocycles. The second kappa shape index (κ2) is 8.69. The van der Waals surface area contributed by atoms with Crippen LogP contribution in [0.1, 0.15) is 22.8 Å². The minimum Gasteiger partial charge on any atom is -0.494 e. The van der Waals surface area contributed by atoms with Crippen LogP contribution in [0.5, 0.6) is 11.5 Å². The molecule has 3 aromatic carbocycles. The van der Waals surface area contributed by atoms with Crippen LogP contribution in [0.15, 0.2) is 72.8 Å². The van der Waals surface area contributed by atoms with Gasteiger partial charge in [-0.15, -0.1) is 0 Å². The van der Waals surface area contributed by atoms with E-state index in [1.54, 1.807) is 41.3 Å². The zero-order valence-electron chi connectivity index (χ0n) is 16.6. The number of rotatable bonds is 6. The number of carbonyl (C=O) groups excluding carboxylic acids is 2. The summed E-state index contributed by atoms with van der Waals surface area (Å²) in [5.74, 6) is 0.874. The summed E-state index contributed by atoms with van der Waals surface area (Å²) in [5, 5.41) is 2.89. The zero-order valence-corrected chi connectivity index (χ0v) is 16.6. The van der Waals surface area contributed by atoms with Gasteiger partial charge in [-0.1, -0.05) is 36.4 Å². The van der Waals surface area contributed by atoms with Gasteiger partial charge in [0, 0.05) is 11.3 Å². The van der Waals surface area contributed by atoms with Gasteiger partial charge in [0.1, 0.15) is 11.5 Å². The Kier molecular flexibility index (Phi) is 5.66. The molecule has 0 aromatic heterocycles. The molecular formula is C24H22N2O4. The first-order valence-corrected chi connectivity index (χ1v) is 9.79. The van der Waals surface area contributed by atoms with Crippen LogP contribution < -0.4 is 19.7 Å². The van der Waals surface area contributed by atoms with Crippen molar-refractivity contribution in [1.82, 2.24) is 0 Å². The van der Waals surface area contributed by atoms with Crippen molar-refractivity contribution < 1.29 is 19.1 Å². The molecule has 0 spiro atoms. The Balaban J connectivity index is 1.57. The van der Waals surface area contributed by atoms with Gasteiger partial charge in [0.15, 0.2) is 6.61 Å². The second-order valence-electron chi connectivity index (χ2n) is 6.85. The van der Waals surface area contributed by atoms with Crippen molar-refractivity contribution in [1.29, 1.82) is 0 Å². The molecule has 6 heteroatoms. The fourth-order valence-electron chi connectivity index (χ4n) is 3.32. The number of hydrogen-bond acceptors (Lipinski definition) is 4. The molecule has 6 nitrogen and oxygen atoms in total. The number of anilines is 2. The maximum Gasteiger partial charge on any atom is 0.265 e. The van der Waals surface area contributed by atoms with E-state index < -0.39 is 0 Å². The maximum absolute atomic E-state index is 12.7. The van der Waals surface area contributed by atoms with E-state index in [1.165, 1.54) is 0 Å². The van der Waals surface area contributed by atoms with Crippen LogP contribution in [0, 0.1) is 0 Å². The molecule has 0 atom stereocenters. The van der Waals surface area contributed by atoms with Crippen LogP contribution in [0.2, 0.25) is 0 Å². The molecule has 0 fully saturated rings. The van der Waals surface area contributed by atoms with Crippen LogP contribution in [0.3, 0.4) is 0 Å². The first-order chi connectivity index (χ1) is 14.6. The molecule has 1 aliphatic heterocycles. The summed E-state index contributed by atoms with van der Waals surface area (Å²) in [6.07, 6.45) is 0. The predicted molar refractivity (Wildman–Crippen MR) is 115 cm³/mol. The molecule has 0 saturated carbocycles. The summed E-state index contributed by atoms with van der Waals surface area (Å²) in [6, 6.07) is 22.1. The average molecular weight is 402 g/mol. The highest BCUT2D eigenvalue weighted by molar-refractivity contribution is 6.05. The molecular weight excluding hydrogens is 380 g/mol.